The Labute approximate surface area is 187 Å². The average molecular weight is 440 g/mol. The Hall–Kier alpha value is -2.86. The van der Waals surface area contributed by atoms with Crippen LogP contribution in [0.4, 0.5) is 4.79 Å². The SMILES string of the molecule is O=C(NCc1ccc(Cl)cc1)C1CCC2C(=O)N(CCc3ccccc3)C(=O)NC2C1. The van der Waals surface area contributed by atoms with Gasteiger partial charge in [-0.15, -0.1) is 0 Å². The van der Waals surface area contributed by atoms with Crippen LogP contribution < -0.4 is 10.6 Å². The van der Waals surface area contributed by atoms with Crippen molar-refractivity contribution in [2.45, 2.75) is 38.3 Å². The van der Waals surface area contributed by atoms with E-state index < -0.39 is 0 Å². The molecule has 2 aromatic carbocycles. The number of carbonyl (C=O) groups excluding carboxylic acids is 3. The van der Waals surface area contributed by atoms with Gasteiger partial charge in [-0.3, -0.25) is 14.5 Å². The molecule has 4 amide bonds. The van der Waals surface area contributed by atoms with E-state index in [0.717, 1.165) is 11.1 Å². The van der Waals surface area contributed by atoms with Gasteiger partial charge in [0.05, 0.1) is 5.92 Å². The number of nitrogens with one attached hydrogen (secondary N) is 2. The average Bonchev–Trinajstić information content (AvgIpc) is 2.78. The second-order valence-electron chi connectivity index (χ2n) is 8.24. The van der Waals surface area contributed by atoms with E-state index in [4.69, 9.17) is 11.6 Å². The van der Waals surface area contributed by atoms with E-state index in [-0.39, 0.29) is 35.7 Å². The van der Waals surface area contributed by atoms with Gasteiger partial charge in [0.2, 0.25) is 11.8 Å². The summed E-state index contributed by atoms with van der Waals surface area (Å²) >= 11 is 5.89. The standard InChI is InChI=1S/C24H26ClN3O3/c25-19-9-6-17(7-10-19)15-26-22(29)18-8-11-20-21(14-18)27-24(31)28(23(20)30)13-12-16-4-2-1-3-5-16/h1-7,9-10,18,20-21H,8,11-15H2,(H,26,29)(H,27,31). The van der Waals surface area contributed by atoms with Crippen LogP contribution in [0.15, 0.2) is 54.6 Å². The maximum atomic E-state index is 13.0. The van der Waals surface area contributed by atoms with Crippen LogP contribution in [-0.4, -0.2) is 35.3 Å². The minimum absolute atomic E-state index is 0.0402. The molecule has 1 aliphatic carbocycles. The van der Waals surface area contributed by atoms with E-state index in [1.165, 1.54) is 4.90 Å². The van der Waals surface area contributed by atoms with Crippen LogP contribution in [0, 0.1) is 11.8 Å². The predicted molar refractivity (Wildman–Crippen MR) is 118 cm³/mol. The molecule has 3 atom stereocenters. The number of carbonyl (C=O) groups is 3. The van der Waals surface area contributed by atoms with Gasteiger partial charge in [0.25, 0.3) is 0 Å². The van der Waals surface area contributed by atoms with E-state index in [9.17, 15) is 14.4 Å². The summed E-state index contributed by atoms with van der Waals surface area (Å²) in [5.74, 6) is -0.627. The van der Waals surface area contributed by atoms with Crippen molar-refractivity contribution in [1.82, 2.24) is 15.5 Å². The maximum Gasteiger partial charge on any atom is 0.324 e. The number of halogens is 1. The molecule has 0 bridgehead atoms. The van der Waals surface area contributed by atoms with Crippen molar-refractivity contribution >= 4 is 29.4 Å². The van der Waals surface area contributed by atoms with Gasteiger partial charge in [0, 0.05) is 30.1 Å². The van der Waals surface area contributed by atoms with Gasteiger partial charge in [-0.05, 0) is 48.9 Å². The van der Waals surface area contributed by atoms with Crippen LogP contribution in [0.25, 0.3) is 0 Å². The van der Waals surface area contributed by atoms with E-state index in [0.29, 0.717) is 43.8 Å². The first-order chi connectivity index (χ1) is 15.0. The summed E-state index contributed by atoms with van der Waals surface area (Å²) < 4.78 is 0. The van der Waals surface area contributed by atoms with Crippen LogP contribution in [0.2, 0.25) is 5.02 Å². The van der Waals surface area contributed by atoms with Gasteiger partial charge in [-0.1, -0.05) is 54.1 Å². The zero-order valence-electron chi connectivity index (χ0n) is 17.2. The Bertz CT molecular complexity index is 948. The lowest BCUT2D eigenvalue weighted by Crippen LogP contribution is -2.62. The smallest absolute Gasteiger partial charge is 0.324 e. The number of nitrogens with zero attached hydrogens (tertiary/aromatic N) is 1. The minimum atomic E-state index is -0.357. The molecule has 2 N–H and O–H groups in total. The Morgan fingerprint density at radius 1 is 1.03 bits per heavy atom. The summed E-state index contributed by atoms with van der Waals surface area (Å²) in [6.07, 6.45) is 2.36. The molecule has 162 valence electrons. The van der Waals surface area contributed by atoms with Crippen molar-refractivity contribution in [3.63, 3.8) is 0 Å². The molecule has 1 saturated heterocycles. The lowest BCUT2D eigenvalue weighted by molar-refractivity contribution is -0.139. The molecule has 0 radical (unpaired) electrons. The van der Waals surface area contributed by atoms with Gasteiger partial charge >= 0.3 is 6.03 Å². The Morgan fingerprint density at radius 3 is 2.52 bits per heavy atom. The molecule has 6 nitrogen and oxygen atoms in total. The van der Waals surface area contributed by atoms with Crippen LogP contribution >= 0.6 is 11.6 Å². The summed E-state index contributed by atoms with van der Waals surface area (Å²) in [6, 6.07) is 16.5. The zero-order chi connectivity index (χ0) is 21.8. The largest absolute Gasteiger partial charge is 0.352 e. The highest BCUT2D eigenvalue weighted by Crippen LogP contribution is 2.33. The number of hydrogen-bond acceptors (Lipinski definition) is 3. The molecule has 2 aromatic rings. The summed E-state index contributed by atoms with van der Waals surface area (Å²) in [5.41, 5.74) is 2.06. The fraction of sp³-hybridized carbons (Fsp3) is 0.375. The highest BCUT2D eigenvalue weighted by Gasteiger charge is 2.45. The molecule has 1 saturated carbocycles. The topological polar surface area (TPSA) is 78.5 Å². The molecule has 0 aromatic heterocycles. The molecular formula is C24H26ClN3O3. The third kappa shape index (κ3) is 5.07. The molecule has 0 spiro atoms. The third-order valence-corrected chi connectivity index (χ3v) is 6.46. The molecule has 4 rings (SSSR count). The summed E-state index contributed by atoms with van der Waals surface area (Å²) in [5, 5.41) is 6.59. The van der Waals surface area contributed by atoms with Crippen molar-refractivity contribution in [1.29, 1.82) is 0 Å². The molecule has 31 heavy (non-hydrogen) atoms. The number of benzene rings is 2. The minimum Gasteiger partial charge on any atom is -0.352 e. The van der Waals surface area contributed by atoms with Crippen molar-refractivity contribution in [2.75, 3.05) is 6.54 Å². The number of amides is 4. The highest BCUT2D eigenvalue weighted by atomic mass is 35.5. The lowest BCUT2D eigenvalue weighted by atomic mass is 9.76. The Kier molecular flexibility index (Phi) is 6.56. The second kappa shape index (κ2) is 9.52. The number of fused-ring (bicyclic) bond motifs is 1. The molecule has 7 heteroatoms. The van der Waals surface area contributed by atoms with E-state index in [1.807, 2.05) is 42.5 Å². The van der Waals surface area contributed by atoms with Crippen LogP contribution in [0.1, 0.15) is 30.4 Å². The van der Waals surface area contributed by atoms with Gasteiger partial charge in [-0.25, -0.2) is 4.79 Å². The quantitative estimate of drug-likeness (QED) is 0.722. The highest BCUT2D eigenvalue weighted by molar-refractivity contribution is 6.30. The fourth-order valence-electron chi connectivity index (χ4n) is 4.43. The van der Waals surface area contributed by atoms with Gasteiger partial charge in [-0.2, -0.15) is 0 Å². The molecular weight excluding hydrogens is 414 g/mol. The first-order valence-corrected chi connectivity index (χ1v) is 11.1. The lowest BCUT2D eigenvalue weighted by Gasteiger charge is -2.42. The van der Waals surface area contributed by atoms with E-state index >= 15 is 0 Å². The molecule has 1 heterocycles. The summed E-state index contributed by atoms with van der Waals surface area (Å²) in [6.45, 7) is 0.794. The molecule has 2 aliphatic rings. The van der Waals surface area contributed by atoms with Crippen LogP contribution in [-0.2, 0) is 22.6 Å². The Morgan fingerprint density at radius 2 is 1.77 bits per heavy atom. The predicted octanol–water partition coefficient (Wildman–Crippen LogP) is 3.54. The second-order valence-corrected chi connectivity index (χ2v) is 8.68. The first kappa shape index (κ1) is 21.4. The van der Waals surface area contributed by atoms with Crippen molar-refractivity contribution in [3.05, 3.63) is 70.7 Å². The monoisotopic (exact) mass is 439 g/mol. The van der Waals surface area contributed by atoms with Crippen LogP contribution in [0.3, 0.4) is 0 Å². The zero-order valence-corrected chi connectivity index (χ0v) is 18.0. The molecule has 1 aliphatic heterocycles. The van der Waals surface area contributed by atoms with E-state index in [1.54, 1.807) is 12.1 Å². The van der Waals surface area contributed by atoms with Crippen LogP contribution in [0.5, 0.6) is 0 Å². The summed E-state index contributed by atoms with van der Waals surface area (Å²) in [7, 11) is 0. The van der Waals surface area contributed by atoms with Gasteiger partial charge in [0.1, 0.15) is 0 Å². The number of urea groups is 1. The molecule has 3 unspecified atom stereocenters. The van der Waals surface area contributed by atoms with Gasteiger partial charge < -0.3 is 10.6 Å². The van der Waals surface area contributed by atoms with Gasteiger partial charge in [0.15, 0.2) is 0 Å². The number of rotatable bonds is 6. The number of hydrogen-bond donors (Lipinski definition) is 2. The van der Waals surface area contributed by atoms with E-state index in [2.05, 4.69) is 10.6 Å². The fourth-order valence-corrected chi connectivity index (χ4v) is 4.56. The van der Waals surface area contributed by atoms with Crippen molar-refractivity contribution in [2.24, 2.45) is 11.8 Å². The first-order valence-electron chi connectivity index (χ1n) is 10.7. The number of imide groups is 1. The molecule has 2 fully saturated rings. The normalized spacial score (nSPS) is 23.1. The third-order valence-electron chi connectivity index (χ3n) is 6.21. The van der Waals surface area contributed by atoms with Crippen molar-refractivity contribution in [3.8, 4) is 0 Å². The Balaban J connectivity index is 1.31. The summed E-state index contributed by atoms with van der Waals surface area (Å²) in [4.78, 5) is 39.5. The van der Waals surface area contributed by atoms with Crippen molar-refractivity contribution < 1.29 is 14.4 Å². The maximum absolute atomic E-state index is 13.0.